The molecule has 0 unspecified atom stereocenters. The highest BCUT2D eigenvalue weighted by atomic mass is 79.9. The minimum Gasteiger partial charge on any atom is -0.496 e. The maximum atomic E-state index is 11.7. The standard InChI is InChI=1S/C13H12BrNO3S/c1-7-15-11(13(16)18-3)12(19-7)8-4-5-10(17-2)9(14)6-8/h4-6H,1-3H3. The number of aryl methyl sites for hydroxylation is 1. The molecule has 4 nitrogen and oxygen atoms in total. The summed E-state index contributed by atoms with van der Waals surface area (Å²) >= 11 is 4.89. The Kier molecular flexibility index (Phi) is 4.21. The van der Waals surface area contributed by atoms with Crippen molar-refractivity contribution in [3.8, 4) is 16.2 Å². The number of hydrogen-bond donors (Lipinski definition) is 0. The molecule has 6 heteroatoms. The van der Waals surface area contributed by atoms with Crippen molar-refractivity contribution in [1.82, 2.24) is 4.98 Å². The van der Waals surface area contributed by atoms with E-state index in [1.807, 2.05) is 25.1 Å². The fraction of sp³-hybridized carbons (Fsp3) is 0.231. The largest absolute Gasteiger partial charge is 0.496 e. The second-order valence-corrected chi connectivity index (χ2v) is 5.81. The zero-order valence-electron chi connectivity index (χ0n) is 10.7. The molecule has 0 radical (unpaired) electrons. The van der Waals surface area contributed by atoms with Crippen LogP contribution in [0.4, 0.5) is 0 Å². The van der Waals surface area contributed by atoms with Crippen molar-refractivity contribution in [3.63, 3.8) is 0 Å². The van der Waals surface area contributed by atoms with Crippen LogP contribution in [0.3, 0.4) is 0 Å². The Hall–Kier alpha value is -1.40. The van der Waals surface area contributed by atoms with Gasteiger partial charge in [-0.15, -0.1) is 11.3 Å². The minimum atomic E-state index is -0.425. The number of nitrogens with zero attached hydrogens (tertiary/aromatic N) is 1. The molecule has 19 heavy (non-hydrogen) atoms. The predicted octanol–water partition coefficient (Wildman–Crippen LogP) is 3.68. The summed E-state index contributed by atoms with van der Waals surface area (Å²) in [5.41, 5.74) is 1.25. The molecule has 0 saturated carbocycles. The molecule has 0 N–H and O–H groups in total. The number of benzene rings is 1. The fourth-order valence-electron chi connectivity index (χ4n) is 1.67. The van der Waals surface area contributed by atoms with Crippen LogP contribution in [0.2, 0.25) is 0 Å². The van der Waals surface area contributed by atoms with Crippen molar-refractivity contribution in [3.05, 3.63) is 33.4 Å². The second-order valence-electron chi connectivity index (χ2n) is 3.75. The van der Waals surface area contributed by atoms with Gasteiger partial charge >= 0.3 is 5.97 Å². The molecule has 0 atom stereocenters. The summed E-state index contributed by atoms with van der Waals surface area (Å²) in [6.07, 6.45) is 0. The van der Waals surface area contributed by atoms with Crippen LogP contribution in [0, 0.1) is 6.92 Å². The highest BCUT2D eigenvalue weighted by Crippen LogP contribution is 2.35. The predicted molar refractivity (Wildman–Crippen MR) is 77.9 cm³/mol. The number of rotatable bonds is 3. The second kappa shape index (κ2) is 5.71. The van der Waals surface area contributed by atoms with Gasteiger partial charge in [0.05, 0.1) is 28.6 Å². The molecule has 1 heterocycles. The molecule has 0 aliphatic carbocycles. The lowest BCUT2D eigenvalue weighted by atomic mass is 10.1. The number of ether oxygens (including phenoxy) is 2. The topological polar surface area (TPSA) is 48.4 Å². The summed E-state index contributed by atoms with van der Waals surface area (Å²) in [6, 6.07) is 5.64. The van der Waals surface area contributed by atoms with E-state index in [4.69, 9.17) is 9.47 Å². The SMILES string of the molecule is COC(=O)c1nc(C)sc1-c1ccc(OC)c(Br)c1. The zero-order valence-corrected chi connectivity index (χ0v) is 13.1. The molecule has 0 saturated heterocycles. The highest BCUT2D eigenvalue weighted by molar-refractivity contribution is 9.10. The molecular weight excluding hydrogens is 330 g/mol. The fourth-order valence-corrected chi connectivity index (χ4v) is 3.11. The van der Waals surface area contributed by atoms with E-state index in [1.54, 1.807) is 7.11 Å². The van der Waals surface area contributed by atoms with Crippen LogP contribution < -0.4 is 4.74 Å². The van der Waals surface area contributed by atoms with Gasteiger partial charge in [0.25, 0.3) is 0 Å². The summed E-state index contributed by atoms with van der Waals surface area (Å²) < 4.78 is 10.8. The number of halogens is 1. The van der Waals surface area contributed by atoms with Gasteiger partial charge in [-0.1, -0.05) is 0 Å². The molecule has 0 bridgehead atoms. The third-order valence-electron chi connectivity index (χ3n) is 2.53. The molecular formula is C13H12BrNO3S. The molecule has 2 aromatic rings. The van der Waals surface area contributed by atoms with Gasteiger partial charge in [-0.3, -0.25) is 0 Å². The van der Waals surface area contributed by atoms with Crippen LogP contribution in [-0.4, -0.2) is 25.2 Å². The van der Waals surface area contributed by atoms with E-state index in [9.17, 15) is 4.79 Å². The molecule has 0 spiro atoms. The molecule has 0 amide bonds. The lowest BCUT2D eigenvalue weighted by molar-refractivity contribution is 0.0595. The first-order valence-electron chi connectivity index (χ1n) is 5.46. The lowest BCUT2D eigenvalue weighted by Gasteiger charge is -2.06. The monoisotopic (exact) mass is 341 g/mol. The van der Waals surface area contributed by atoms with Gasteiger partial charge in [-0.25, -0.2) is 9.78 Å². The summed E-state index contributed by atoms with van der Waals surface area (Å²) in [4.78, 5) is 16.7. The number of thiazole rings is 1. The first-order valence-corrected chi connectivity index (χ1v) is 7.07. The summed E-state index contributed by atoms with van der Waals surface area (Å²) in [6.45, 7) is 1.86. The molecule has 1 aromatic heterocycles. The first kappa shape index (κ1) is 14.0. The van der Waals surface area contributed by atoms with Gasteiger partial charge in [-0.2, -0.15) is 0 Å². The van der Waals surface area contributed by atoms with E-state index in [2.05, 4.69) is 20.9 Å². The molecule has 0 aliphatic rings. The highest BCUT2D eigenvalue weighted by Gasteiger charge is 2.19. The first-order chi connectivity index (χ1) is 9.06. The average molecular weight is 342 g/mol. The van der Waals surface area contributed by atoms with E-state index < -0.39 is 5.97 Å². The maximum absolute atomic E-state index is 11.7. The number of aromatic nitrogens is 1. The van der Waals surface area contributed by atoms with Gasteiger partial charge < -0.3 is 9.47 Å². The number of carbonyl (C=O) groups excluding carboxylic acids is 1. The third-order valence-corrected chi connectivity index (χ3v) is 4.17. The van der Waals surface area contributed by atoms with Crippen molar-refractivity contribution < 1.29 is 14.3 Å². The van der Waals surface area contributed by atoms with Crippen LogP contribution in [0.5, 0.6) is 5.75 Å². The van der Waals surface area contributed by atoms with Crippen molar-refractivity contribution >= 4 is 33.2 Å². The van der Waals surface area contributed by atoms with Crippen LogP contribution in [-0.2, 0) is 4.74 Å². The van der Waals surface area contributed by atoms with Crippen LogP contribution in [0.1, 0.15) is 15.5 Å². The molecule has 0 fully saturated rings. The van der Waals surface area contributed by atoms with E-state index >= 15 is 0 Å². The Morgan fingerprint density at radius 1 is 1.37 bits per heavy atom. The van der Waals surface area contributed by atoms with Crippen LogP contribution in [0.25, 0.3) is 10.4 Å². The van der Waals surface area contributed by atoms with E-state index in [-0.39, 0.29) is 0 Å². The molecule has 0 aliphatic heterocycles. The minimum absolute atomic E-state index is 0.349. The van der Waals surface area contributed by atoms with Crippen molar-refractivity contribution in [2.75, 3.05) is 14.2 Å². The van der Waals surface area contributed by atoms with Crippen LogP contribution in [0.15, 0.2) is 22.7 Å². The van der Waals surface area contributed by atoms with E-state index in [0.717, 1.165) is 25.7 Å². The summed E-state index contributed by atoms with van der Waals surface area (Å²) in [5, 5.41) is 0.822. The van der Waals surface area contributed by atoms with Crippen molar-refractivity contribution in [1.29, 1.82) is 0 Å². The normalized spacial score (nSPS) is 10.3. The van der Waals surface area contributed by atoms with Crippen molar-refractivity contribution in [2.45, 2.75) is 6.92 Å². The van der Waals surface area contributed by atoms with Gasteiger partial charge in [0.1, 0.15) is 5.75 Å². The average Bonchev–Trinajstić information content (AvgIpc) is 2.79. The third kappa shape index (κ3) is 2.79. The quantitative estimate of drug-likeness (QED) is 0.799. The van der Waals surface area contributed by atoms with Gasteiger partial charge in [0, 0.05) is 0 Å². The number of carbonyl (C=O) groups is 1. The Balaban J connectivity index is 2.52. The van der Waals surface area contributed by atoms with E-state index in [1.165, 1.54) is 18.4 Å². The van der Waals surface area contributed by atoms with Gasteiger partial charge in [0.15, 0.2) is 5.69 Å². The smallest absolute Gasteiger partial charge is 0.358 e. The Bertz CT molecular complexity index is 624. The number of methoxy groups -OCH3 is 2. The number of esters is 1. The number of hydrogen-bond acceptors (Lipinski definition) is 5. The van der Waals surface area contributed by atoms with Gasteiger partial charge in [-0.05, 0) is 46.6 Å². The maximum Gasteiger partial charge on any atom is 0.358 e. The zero-order chi connectivity index (χ0) is 14.0. The summed E-state index contributed by atoms with van der Waals surface area (Å²) in [7, 11) is 2.96. The van der Waals surface area contributed by atoms with Gasteiger partial charge in [0.2, 0.25) is 0 Å². The summed E-state index contributed by atoms with van der Waals surface area (Å²) in [5.74, 6) is 0.316. The van der Waals surface area contributed by atoms with Crippen LogP contribution >= 0.6 is 27.3 Å². The molecule has 100 valence electrons. The van der Waals surface area contributed by atoms with E-state index in [0.29, 0.717) is 5.69 Å². The Morgan fingerprint density at radius 2 is 2.11 bits per heavy atom. The Labute approximate surface area is 123 Å². The Morgan fingerprint density at radius 3 is 2.68 bits per heavy atom. The molecule has 1 aromatic carbocycles. The lowest BCUT2D eigenvalue weighted by Crippen LogP contribution is -2.03. The van der Waals surface area contributed by atoms with Crippen molar-refractivity contribution in [2.24, 2.45) is 0 Å². The molecule has 2 rings (SSSR count).